The topological polar surface area (TPSA) is 27.1 Å². The van der Waals surface area contributed by atoms with Gasteiger partial charge in [0.2, 0.25) is 5.88 Å². The molecular weight excluding hydrogens is 256 g/mol. The molecule has 1 aliphatic rings. The van der Waals surface area contributed by atoms with Crippen molar-refractivity contribution in [2.75, 3.05) is 6.61 Å². The number of hydrogen-bond donors (Lipinski definition) is 0. The van der Waals surface area contributed by atoms with Gasteiger partial charge in [-0.15, -0.1) is 5.10 Å². The third-order valence-electron chi connectivity index (χ3n) is 2.93. The summed E-state index contributed by atoms with van der Waals surface area (Å²) in [6.07, 6.45) is 8.64. The van der Waals surface area contributed by atoms with Crippen LogP contribution in [-0.2, 0) is 7.05 Å². The van der Waals surface area contributed by atoms with Crippen LogP contribution in [0.2, 0.25) is 0 Å². The summed E-state index contributed by atoms with van der Waals surface area (Å²) in [7, 11) is 1.90. The van der Waals surface area contributed by atoms with Crippen LogP contribution in [0.1, 0.15) is 32.1 Å². The maximum absolute atomic E-state index is 5.72. The zero-order valence-corrected chi connectivity index (χ0v) is 10.7. The Morgan fingerprint density at radius 3 is 2.80 bits per heavy atom. The van der Waals surface area contributed by atoms with Crippen LogP contribution in [-0.4, -0.2) is 16.4 Å². The average molecular weight is 273 g/mol. The van der Waals surface area contributed by atoms with Gasteiger partial charge in [0, 0.05) is 13.2 Å². The van der Waals surface area contributed by atoms with E-state index in [2.05, 4.69) is 21.0 Å². The van der Waals surface area contributed by atoms with E-state index in [0.717, 1.165) is 22.9 Å². The average Bonchev–Trinajstić information content (AvgIpc) is 2.56. The molecule has 0 saturated heterocycles. The van der Waals surface area contributed by atoms with Crippen molar-refractivity contribution in [1.82, 2.24) is 9.78 Å². The molecule has 1 fully saturated rings. The van der Waals surface area contributed by atoms with Crippen LogP contribution < -0.4 is 4.74 Å². The predicted molar refractivity (Wildman–Crippen MR) is 63.0 cm³/mol. The Bertz CT molecular complexity index is 318. The van der Waals surface area contributed by atoms with Crippen molar-refractivity contribution in [3.63, 3.8) is 0 Å². The Morgan fingerprint density at radius 1 is 1.47 bits per heavy atom. The van der Waals surface area contributed by atoms with E-state index in [1.165, 1.54) is 32.1 Å². The minimum atomic E-state index is 0.725. The van der Waals surface area contributed by atoms with E-state index in [-0.39, 0.29) is 0 Å². The molecule has 1 saturated carbocycles. The largest absolute Gasteiger partial charge is 0.476 e. The van der Waals surface area contributed by atoms with E-state index in [1.807, 2.05) is 13.2 Å². The highest BCUT2D eigenvalue weighted by Crippen LogP contribution is 2.26. The van der Waals surface area contributed by atoms with E-state index >= 15 is 0 Å². The molecule has 0 radical (unpaired) electrons. The molecule has 1 aliphatic carbocycles. The lowest BCUT2D eigenvalue weighted by molar-refractivity contribution is 0.201. The first kappa shape index (κ1) is 11.0. The molecule has 0 atom stereocenters. The molecule has 84 valence electrons. The molecular formula is C11H17BrN2O. The van der Waals surface area contributed by atoms with E-state index in [4.69, 9.17) is 4.74 Å². The lowest BCUT2D eigenvalue weighted by atomic mass is 9.90. The lowest BCUT2D eigenvalue weighted by Gasteiger charge is -2.20. The maximum Gasteiger partial charge on any atom is 0.247 e. The normalized spacial score (nSPS) is 18.0. The molecule has 0 aliphatic heterocycles. The van der Waals surface area contributed by atoms with Crippen LogP contribution in [0.3, 0.4) is 0 Å². The summed E-state index contributed by atoms with van der Waals surface area (Å²) in [5.41, 5.74) is 0. The third-order valence-corrected chi connectivity index (χ3v) is 3.48. The van der Waals surface area contributed by atoms with Crippen LogP contribution in [0.15, 0.2) is 10.7 Å². The molecule has 3 nitrogen and oxygen atoms in total. The zero-order valence-electron chi connectivity index (χ0n) is 9.08. The molecule has 0 N–H and O–H groups in total. The van der Waals surface area contributed by atoms with Crippen LogP contribution in [0, 0.1) is 5.92 Å². The van der Waals surface area contributed by atoms with Crippen molar-refractivity contribution in [1.29, 1.82) is 0 Å². The van der Waals surface area contributed by atoms with Gasteiger partial charge in [-0.25, -0.2) is 0 Å². The van der Waals surface area contributed by atoms with Gasteiger partial charge in [-0.05, 0) is 34.7 Å². The monoisotopic (exact) mass is 272 g/mol. The summed E-state index contributed by atoms with van der Waals surface area (Å²) in [6, 6.07) is 0. The Morgan fingerprint density at radius 2 is 2.20 bits per heavy atom. The zero-order chi connectivity index (χ0) is 10.7. The number of halogens is 1. The summed E-state index contributed by atoms with van der Waals surface area (Å²) in [5.74, 6) is 1.45. The van der Waals surface area contributed by atoms with E-state index in [1.54, 1.807) is 4.68 Å². The minimum Gasteiger partial charge on any atom is -0.476 e. The SMILES string of the molecule is Cn1cc(Br)c(OCC2CCCCC2)n1. The molecule has 15 heavy (non-hydrogen) atoms. The van der Waals surface area contributed by atoms with Crippen molar-refractivity contribution < 1.29 is 4.74 Å². The molecule has 0 unspecified atom stereocenters. The molecule has 0 aromatic carbocycles. The van der Waals surface area contributed by atoms with Crippen molar-refractivity contribution in [2.45, 2.75) is 32.1 Å². The van der Waals surface area contributed by atoms with Crippen LogP contribution in [0.25, 0.3) is 0 Å². The summed E-state index contributed by atoms with van der Waals surface area (Å²) < 4.78 is 8.43. The lowest BCUT2D eigenvalue weighted by Crippen LogP contribution is -2.15. The number of rotatable bonds is 3. The first-order valence-electron chi connectivity index (χ1n) is 5.57. The summed E-state index contributed by atoms with van der Waals surface area (Å²) >= 11 is 3.43. The van der Waals surface area contributed by atoms with Crippen LogP contribution in [0.5, 0.6) is 5.88 Å². The second kappa shape index (κ2) is 5.01. The Kier molecular flexibility index (Phi) is 3.67. The molecule has 1 heterocycles. The molecule has 0 amide bonds. The van der Waals surface area contributed by atoms with Gasteiger partial charge in [-0.2, -0.15) is 0 Å². The van der Waals surface area contributed by atoms with E-state index in [0.29, 0.717) is 0 Å². The number of aryl methyl sites for hydroxylation is 1. The van der Waals surface area contributed by atoms with Gasteiger partial charge < -0.3 is 4.74 Å². The molecule has 0 spiro atoms. The Labute approximate surface area is 98.9 Å². The van der Waals surface area contributed by atoms with Gasteiger partial charge >= 0.3 is 0 Å². The summed E-state index contributed by atoms with van der Waals surface area (Å²) in [6.45, 7) is 0.815. The molecule has 1 aromatic rings. The fraction of sp³-hybridized carbons (Fsp3) is 0.727. The number of nitrogens with zero attached hydrogens (tertiary/aromatic N) is 2. The Hall–Kier alpha value is -0.510. The van der Waals surface area contributed by atoms with Crippen LogP contribution in [0.4, 0.5) is 0 Å². The first-order valence-corrected chi connectivity index (χ1v) is 6.37. The summed E-state index contributed by atoms with van der Waals surface area (Å²) in [4.78, 5) is 0. The highest BCUT2D eigenvalue weighted by Gasteiger charge is 2.15. The number of aromatic nitrogens is 2. The van der Waals surface area contributed by atoms with Gasteiger partial charge in [0.05, 0.1) is 11.1 Å². The van der Waals surface area contributed by atoms with Gasteiger partial charge in [-0.1, -0.05) is 19.3 Å². The van der Waals surface area contributed by atoms with Crippen molar-refractivity contribution in [2.24, 2.45) is 13.0 Å². The van der Waals surface area contributed by atoms with Gasteiger partial charge in [-0.3, -0.25) is 4.68 Å². The quantitative estimate of drug-likeness (QED) is 0.846. The Balaban J connectivity index is 1.84. The first-order chi connectivity index (χ1) is 7.25. The minimum absolute atomic E-state index is 0.725. The van der Waals surface area contributed by atoms with Gasteiger partial charge in [0.25, 0.3) is 0 Å². The maximum atomic E-state index is 5.72. The van der Waals surface area contributed by atoms with Crippen molar-refractivity contribution in [3.8, 4) is 5.88 Å². The van der Waals surface area contributed by atoms with Gasteiger partial charge in [0.1, 0.15) is 0 Å². The standard InChI is InChI=1S/C11H17BrN2O/c1-14-7-10(12)11(13-14)15-8-9-5-3-2-4-6-9/h7,9H,2-6,8H2,1H3. The molecule has 2 rings (SSSR count). The van der Waals surface area contributed by atoms with Crippen molar-refractivity contribution >= 4 is 15.9 Å². The highest BCUT2D eigenvalue weighted by atomic mass is 79.9. The second-order valence-corrected chi connectivity index (χ2v) is 5.13. The molecule has 1 aromatic heterocycles. The fourth-order valence-electron chi connectivity index (χ4n) is 2.09. The van der Waals surface area contributed by atoms with Crippen molar-refractivity contribution in [3.05, 3.63) is 10.7 Å². The number of ether oxygens (including phenoxy) is 1. The number of hydrogen-bond acceptors (Lipinski definition) is 2. The summed E-state index contributed by atoms with van der Waals surface area (Å²) in [5, 5.41) is 4.24. The highest BCUT2D eigenvalue weighted by molar-refractivity contribution is 9.10. The molecule has 0 bridgehead atoms. The van der Waals surface area contributed by atoms with Gasteiger partial charge in [0.15, 0.2) is 0 Å². The fourth-order valence-corrected chi connectivity index (χ4v) is 2.58. The van der Waals surface area contributed by atoms with E-state index < -0.39 is 0 Å². The van der Waals surface area contributed by atoms with E-state index in [9.17, 15) is 0 Å². The molecule has 4 heteroatoms. The smallest absolute Gasteiger partial charge is 0.247 e. The predicted octanol–water partition coefficient (Wildman–Crippen LogP) is 3.14. The van der Waals surface area contributed by atoms with Crippen LogP contribution >= 0.6 is 15.9 Å². The second-order valence-electron chi connectivity index (χ2n) is 4.27. The third kappa shape index (κ3) is 2.97.